The maximum atomic E-state index is 12.3. The number of aliphatic carboxylic acids is 1. The summed E-state index contributed by atoms with van der Waals surface area (Å²) in [6, 6.07) is 6.85. The summed E-state index contributed by atoms with van der Waals surface area (Å²) in [6.45, 7) is 1.87. The van der Waals surface area contributed by atoms with Crippen molar-refractivity contribution in [2.45, 2.75) is 31.2 Å². The Balaban J connectivity index is 1.95. The van der Waals surface area contributed by atoms with Gasteiger partial charge in [0, 0.05) is 12.2 Å². The van der Waals surface area contributed by atoms with Crippen molar-refractivity contribution in [3.05, 3.63) is 29.8 Å². The minimum Gasteiger partial charge on any atom is -0.497 e. The van der Waals surface area contributed by atoms with Gasteiger partial charge in [0.15, 0.2) is 0 Å². The molecular weight excluding hydrogens is 290 g/mol. The number of benzene rings is 1. The summed E-state index contributed by atoms with van der Waals surface area (Å²) in [7, 11) is 1.61. The van der Waals surface area contributed by atoms with Crippen molar-refractivity contribution < 1.29 is 19.4 Å². The van der Waals surface area contributed by atoms with Crippen LogP contribution in [0.2, 0.25) is 0 Å². The van der Waals surface area contributed by atoms with E-state index in [1.807, 2.05) is 31.2 Å². The lowest BCUT2D eigenvalue weighted by atomic mass is 10.1. The third kappa shape index (κ3) is 3.69. The van der Waals surface area contributed by atoms with Crippen molar-refractivity contribution in [1.82, 2.24) is 4.90 Å². The molecule has 0 spiro atoms. The van der Waals surface area contributed by atoms with Crippen LogP contribution in [0, 0.1) is 0 Å². The third-order valence-electron chi connectivity index (χ3n) is 3.58. The lowest BCUT2D eigenvalue weighted by molar-refractivity contribution is -0.148. The SMILES string of the molecule is COc1ccc(CCC(=O)N2C(C)SCC2C(=O)O)cc1. The van der Waals surface area contributed by atoms with Gasteiger partial charge in [-0.05, 0) is 31.0 Å². The number of carbonyl (C=O) groups excluding carboxylic acids is 1. The minimum absolute atomic E-state index is 0.0746. The Morgan fingerprint density at radius 3 is 2.62 bits per heavy atom. The van der Waals surface area contributed by atoms with Crippen LogP contribution >= 0.6 is 11.8 Å². The molecule has 5 nitrogen and oxygen atoms in total. The van der Waals surface area contributed by atoms with E-state index < -0.39 is 12.0 Å². The molecule has 6 heteroatoms. The van der Waals surface area contributed by atoms with Crippen molar-refractivity contribution in [3.8, 4) is 5.75 Å². The molecular formula is C15H19NO4S. The van der Waals surface area contributed by atoms with E-state index in [-0.39, 0.29) is 11.3 Å². The zero-order valence-electron chi connectivity index (χ0n) is 12.1. The lowest BCUT2D eigenvalue weighted by Crippen LogP contribution is -2.44. The fourth-order valence-corrected chi connectivity index (χ4v) is 3.57. The van der Waals surface area contributed by atoms with Crippen LogP contribution in [0.1, 0.15) is 18.9 Å². The number of hydrogen-bond donors (Lipinski definition) is 1. The average Bonchev–Trinajstić information content (AvgIpc) is 2.87. The molecule has 1 fully saturated rings. The number of carboxylic acids is 1. The van der Waals surface area contributed by atoms with Crippen LogP contribution in [0.4, 0.5) is 0 Å². The number of carbonyl (C=O) groups is 2. The second-order valence-electron chi connectivity index (χ2n) is 4.94. The zero-order valence-corrected chi connectivity index (χ0v) is 12.9. The fourth-order valence-electron chi connectivity index (χ4n) is 2.38. The summed E-state index contributed by atoms with van der Waals surface area (Å²) in [5.41, 5.74) is 1.04. The van der Waals surface area contributed by atoms with E-state index in [9.17, 15) is 14.7 Å². The maximum absolute atomic E-state index is 12.3. The number of rotatable bonds is 5. The summed E-state index contributed by atoms with van der Waals surface area (Å²) in [5.74, 6) is 0.214. The number of thioether (sulfide) groups is 1. The Kier molecular flexibility index (Phi) is 5.12. The molecule has 0 radical (unpaired) electrons. The van der Waals surface area contributed by atoms with Crippen molar-refractivity contribution in [2.75, 3.05) is 12.9 Å². The maximum Gasteiger partial charge on any atom is 0.327 e. The molecule has 1 aliphatic rings. The van der Waals surface area contributed by atoms with E-state index in [1.165, 1.54) is 16.7 Å². The zero-order chi connectivity index (χ0) is 15.4. The van der Waals surface area contributed by atoms with Gasteiger partial charge in [0.25, 0.3) is 0 Å². The van der Waals surface area contributed by atoms with Crippen molar-refractivity contribution >= 4 is 23.6 Å². The van der Waals surface area contributed by atoms with Gasteiger partial charge >= 0.3 is 5.97 Å². The predicted molar refractivity (Wildman–Crippen MR) is 81.5 cm³/mol. The highest BCUT2D eigenvalue weighted by Crippen LogP contribution is 2.29. The Morgan fingerprint density at radius 2 is 2.05 bits per heavy atom. The summed E-state index contributed by atoms with van der Waals surface area (Å²) in [6.07, 6.45) is 0.921. The van der Waals surface area contributed by atoms with Crippen LogP contribution in [0.25, 0.3) is 0 Å². The first-order valence-corrected chi connectivity index (χ1v) is 7.86. The smallest absolute Gasteiger partial charge is 0.327 e. The quantitative estimate of drug-likeness (QED) is 0.901. The number of ether oxygens (including phenoxy) is 1. The van der Waals surface area contributed by atoms with Crippen molar-refractivity contribution in [2.24, 2.45) is 0 Å². The summed E-state index contributed by atoms with van der Waals surface area (Å²) in [4.78, 5) is 25.0. The normalized spacial score (nSPS) is 21.3. The molecule has 0 bridgehead atoms. The van der Waals surface area contributed by atoms with Gasteiger partial charge in [-0.1, -0.05) is 12.1 Å². The molecule has 114 valence electrons. The molecule has 0 saturated carbocycles. The Hall–Kier alpha value is -1.69. The number of amides is 1. The second-order valence-corrected chi connectivity index (χ2v) is 6.28. The van der Waals surface area contributed by atoms with Gasteiger partial charge in [-0.15, -0.1) is 11.8 Å². The van der Waals surface area contributed by atoms with Gasteiger partial charge in [0.05, 0.1) is 12.5 Å². The van der Waals surface area contributed by atoms with Crippen LogP contribution in [-0.4, -0.2) is 46.2 Å². The molecule has 2 unspecified atom stereocenters. The molecule has 21 heavy (non-hydrogen) atoms. The van der Waals surface area contributed by atoms with Gasteiger partial charge in [0.1, 0.15) is 11.8 Å². The fraction of sp³-hybridized carbons (Fsp3) is 0.467. The largest absolute Gasteiger partial charge is 0.497 e. The highest BCUT2D eigenvalue weighted by atomic mass is 32.2. The molecule has 1 aliphatic heterocycles. The molecule has 1 saturated heterocycles. The molecule has 2 rings (SSSR count). The summed E-state index contributed by atoms with van der Waals surface area (Å²) in [5, 5.41) is 9.10. The van der Waals surface area contributed by atoms with Crippen LogP contribution in [0.3, 0.4) is 0 Å². The summed E-state index contributed by atoms with van der Waals surface area (Å²) < 4.78 is 5.09. The number of methoxy groups -OCH3 is 1. The molecule has 1 aromatic carbocycles. The van der Waals surface area contributed by atoms with Crippen molar-refractivity contribution in [1.29, 1.82) is 0 Å². The first-order valence-electron chi connectivity index (χ1n) is 6.81. The number of aryl methyl sites for hydroxylation is 1. The van der Waals surface area contributed by atoms with Gasteiger partial charge in [-0.25, -0.2) is 4.79 Å². The first-order chi connectivity index (χ1) is 10.0. The van der Waals surface area contributed by atoms with E-state index in [0.717, 1.165) is 11.3 Å². The first kappa shape index (κ1) is 15.7. The van der Waals surface area contributed by atoms with Crippen LogP contribution in [0.5, 0.6) is 5.75 Å². The lowest BCUT2D eigenvalue weighted by Gasteiger charge is -2.25. The highest BCUT2D eigenvalue weighted by molar-refractivity contribution is 8.00. The Morgan fingerprint density at radius 1 is 1.38 bits per heavy atom. The van der Waals surface area contributed by atoms with E-state index in [2.05, 4.69) is 0 Å². The van der Waals surface area contributed by atoms with E-state index >= 15 is 0 Å². The van der Waals surface area contributed by atoms with Gasteiger partial charge < -0.3 is 14.7 Å². The molecule has 1 amide bonds. The van der Waals surface area contributed by atoms with Crippen molar-refractivity contribution in [3.63, 3.8) is 0 Å². The van der Waals surface area contributed by atoms with Gasteiger partial charge in [-0.2, -0.15) is 0 Å². The van der Waals surface area contributed by atoms with E-state index in [0.29, 0.717) is 18.6 Å². The molecule has 2 atom stereocenters. The molecule has 1 heterocycles. The third-order valence-corrected chi connectivity index (χ3v) is 4.80. The molecule has 1 N–H and O–H groups in total. The highest BCUT2D eigenvalue weighted by Gasteiger charge is 2.38. The minimum atomic E-state index is -0.926. The van der Waals surface area contributed by atoms with E-state index in [1.54, 1.807) is 7.11 Å². The van der Waals surface area contributed by atoms with Crippen LogP contribution in [-0.2, 0) is 16.0 Å². The summed E-state index contributed by atoms with van der Waals surface area (Å²) >= 11 is 1.50. The number of carboxylic acid groups (broad SMARTS) is 1. The van der Waals surface area contributed by atoms with Gasteiger partial charge in [0.2, 0.25) is 5.91 Å². The number of nitrogens with zero attached hydrogens (tertiary/aromatic N) is 1. The molecule has 0 aliphatic carbocycles. The number of hydrogen-bond acceptors (Lipinski definition) is 4. The van der Waals surface area contributed by atoms with Crippen LogP contribution in [0.15, 0.2) is 24.3 Å². The topological polar surface area (TPSA) is 66.8 Å². The average molecular weight is 309 g/mol. The van der Waals surface area contributed by atoms with Crippen LogP contribution < -0.4 is 4.74 Å². The predicted octanol–water partition coefficient (Wildman–Crippen LogP) is 2.00. The van der Waals surface area contributed by atoms with E-state index in [4.69, 9.17) is 4.74 Å². The Labute approximate surface area is 128 Å². The monoisotopic (exact) mass is 309 g/mol. The molecule has 1 aromatic rings. The second kappa shape index (κ2) is 6.85. The Bertz CT molecular complexity index is 517. The van der Waals surface area contributed by atoms with Gasteiger partial charge in [-0.3, -0.25) is 4.79 Å². The molecule has 0 aromatic heterocycles. The standard InChI is InChI=1S/C15H19NO4S/c1-10-16(13(9-21-10)15(18)19)14(17)8-5-11-3-6-12(20-2)7-4-11/h3-4,6-7,10,13H,5,8-9H2,1-2H3,(H,18,19).